The first-order valence-electron chi connectivity index (χ1n) is 5.54. The summed E-state index contributed by atoms with van der Waals surface area (Å²) in [4.78, 5) is 11.5. The minimum atomic E-state index is -0.306. The second-order valence-corrected chi connectivity index (χ2v) is 4.21. The fourth-order valence-electron chi connectivity index (χ4n) is 1.09. The van der Waals surface area contributed by atoms with E-state index in [1.54, 1.807) is 38.1 Å². The molecule has 102 valence electrons. The molecule has 1 rings (SSSR count). The Morgan fingerprint density at radius 2 is 1.89 bits per heavy atom. The van der Waals surface area contributed by atoms with Gasteiger partial charge in [-0.25, -0.2) is 5.43 Å². The van der Waals surface area contributed by atoms with Gasteiger partial charge in [-0.05, 0) is 38.1 Å². The molecule has 0 fully saturated rings. The van der Waals surface area contributed by atoms with Gasteiger partial charge in [0.2, 0.25) is 0 Å². The number of carbonyl (C=O) groups is 1. The smallest absolute Gasteiger partial charge is 0.259 e. The average molecular weight is 283 g/mol. The van der Waals surface area contributed by atoms with Crippen molar-refractivity contribution >= 4 is 34.6 Å². The highest BCUT2D eigenvalue weighted by Gasteiger charge is 2.01. The number of rotatable bonds is 5. The van der Waals surface area contributed by atoms with Gasteiger partial charge in [0.15, 0.2) is 0 Å². The fraction of sp³-hybridized carbons (Fsp3) is 0.250. The maximum atomic E-state index is 11.5. The van der Waals surface area contributed by atoms with E-state index >= 15 is 0 Å². The Balaban J connectivity index is 2.42. The minimum absolute atomic E-state index is 0.0771. The van der Waals surface area contributed by atoms with Gasteiger partial charge in [-0.1, -0.05) is 16.8 Å². The Hall–Kier alpha value is -2.08. The molecule has 0 aliphatic carbocycles. The zero-order valence-electron chi connectivity index (χ0n) is 10.6. The summed E-state index contributed by atoms with van der Waals surface area (Å²) >= 11 is 5.75. The molecular weight excluding hydrogens is 268 g/mol. The van der Waals surface area contributed by atoms with E-state index < -0.39 is 0 Å². The maximum Gasteiger partial charge on any atom is 0.259 e. The Morgan fingerprint density at radius 1 is 1.26 bits per heavy atom. The molecule has 0 heterocycles. The first-order chi connectivity index (χ1) is 9.02. The van der Waals surface area contributed by atoms with Crippen LogP contribution < -0.4 is 10.7 Å². The molecule has 6 nitrogen and oxygen atoms in total. The zero-order chi connectivity index (χ0) is 14.3. The molecule has 1 amide bonds. The molecule has 0 aromatic heterocycles. The van der Waals surface area contributed by atoms with Crippen molar-refractivity contribution in [2.45, 2.75) is 13.8 Å². The summed E-state index contributed by atoms with van der Waals surface area (Å²) in [5.41, 5.74) is 3.90. The van der Waals surface area contributed by atoms with Crippen molar-refractivity contribution in [2.24, 2.45) is 10.3 Å². The molecule has 0 bridgehead atoms. The van der Waals surface area contributed by atoms with E-state index in [4.69, 9.17) is 16.8 Å². The van der Waals surface area contributed by atoms with Crippen LogP contribution >= 0.6 is 11.6 Å². The zero-order valence-corrected chi connectivity index (χ0v) is 11.4. The van der Waals surface area contributed by atoms with Gasteiger partial charge in [0.05, 0.1) is 18.0 Å². The Labute approximate surface area is 116 Å². The van der Waals surface area contributed by atoms with Crippen molar-refractivity contribution in [3.8, 4) is 0 Å². The van der Waals surface area contributed by atoms with Gasteiger partial charge >= 0.3 is 0 Å². The maximum absolute atomic E-state index is 11.5. The first kappa shape index (κ1) is 15.0. The van der Waals surface area contributed by atoms with Gasteiger partial charge in [0.1, 0.15) is 0 Å². The second kappa shape index (κ2) is 7.38. The standard InChI is InChI=1S/C12H15ClN4O2/c1-8(9(2)17-19)15-16-12(18)7-14-11-5-3-10(13)4-6-11/h3-6,14,19H,7H2,1-2H3,(H,16,18)/b15-8-,17-9-. The molecule has 0 aliphatic rings. The van der Waals surface area contributed by atoms with Crippen LogP contribution in [-0.2, 0) is 4.79 Å². The average Bonchev–Trinajstić information content (AvgIpc) is 2.43. The molecule has 0 unspecified atom stereocenters. The molecule has 0 saturated heterocycles. The topological polar surface area (TPSA) is 86.1 Å². The number of halogens is 1. The highest BCUT2D eigenvalue weighted by Crippen LogP contribution is 2.12. The van der Waals surface area contributed by atoms with E-state index in [-0.39, 0.29) is 12.5 Å². The summed E-state index contributed by atoms with van der Waals surface area (Å²) in [6, 6.07) is 7.00. The number of nitrogens with zero attached hydrogens (tertiary/aromatic N) is 2. The number of amides is 1. The van der Waals surface area contributed by atoms with Crippen LogP contribution in [0.15, 0.2) is 34.5 Å². The molecule has 3 N–H and O–H groups in total. The molecular formula is C12H15ClN4O2. The minimum Gasteiger partial charge on any atom is -0.411 e. The van der Waals surface area contributed by atoms with Gasteiger partial charge in [-0.3, -0.25) is 4.79 Å². The van der Waals surface area contributed by atoms with Crippen LogP contribution in [0.3, 0.4) is 0 Å². The molecule has 7 heteroatoms. The number of hydrogen-bond donors (Lipinski definition) is 3. The lowest BCUT2D eigenvalue weighted by molar-refractivity contribution is -0.119. The van der Waals surface area contributed by atoms with Crippen LogP contribution in [0.2, 0.25) is 5.02 Å². The third-order valence-electron chi connectivity index (χ3n) is 2.32. The number of benzene rings is 1. The van der Waals surface area contributed by atoms with Gasteiger partial charge < -0.3 is 10.5 Å². The number of oxime groups is 1. The summed E-state index contributed by atoms with van der Waals surface area (Å²) in [6.07, 6.45) is 0. The predicted octanol–water partition coefficient (Wildman–Crippen LogP) is 2.09. The first-order valence-corrected chi connectivity index (χ1v) is 5.92. The van der Waals surface area contributed by atoms with Crippen LogP contribution in [0.25, 0.3) is 0 Å². The fourth-order valence-corrected chi connectivity index (χ4v) is 1.22. The third kappa shape index (κ3) is 5.39. The molecule has 1 aromatic rings. The van der Waals surface area contributed by atoms with E-state index in [1.807, 2.05) is 0 Å². The number of hydrogen-bond acceptors (Lipinski definition) is 5. The van der Waals surface area contributed by atoms with E-state index in [2.05, 4.69) is 21.0 Å². The van der Waals surface area contributed by atoms with Gasteiger partial charge in [0.25, 0.3) is 5.91 Å². The van der Waals surface area contributed by atoms with Crippen molar-refractivity contribution in [1.29, 1.82) is 0 Å². The van der Waals surface area contributed by atoms with Crippen molar-refractivity contribution in [3.63, 3.8) is 0 Å². The molecule has 0 radical (unpaired) electrons. The van der Waals surface area contributed by atoms with E-state index in [1.165, 1.54) is 0 Å². The highest BCUT2D eigenvalue weighted by molar-refractivity contribution is 6.40. The normalized spacial score (nSPS) is 12.2. The monoisotopic (exact) mass is 282 g/mol. The molecule has 1 aromatic carbocycles. The number of anilines is 1. The second-order valence-electron chi connectivity index (χ2n) is 3.78. The van der Waals surface area contributed by atoms with Crippen molar-refractivity contribution in [2.75, 3.05) is 11.9 Å². The lowest BCUT2D eigenvalue weighted by Gasteiger charge is -2.05. The molecule has 0 atom stereocenters. The SMILES string of the molecule is CC(=N/O)/C(C)=N\NC(=O)CNc1ccc(Cl)cc1. The summed E-state index contributed by atoms with van der Waals surface area (Å²) in [5.74, 6) is -0.306. The highest BCUT2D eigenvalue weighted by atomic mass is 35.5. The van der Waals surface area contributed by atoms with Crippen LogP contribution in [0.5, 0.6) is 0 Å². The van der Waals surface area contributed by atoms with Crippen LogP contribution in [0.1, 0.15) is 13.8 Å². The van der Waals surface area contributed by atoms with E-state index in [0.717, 1.165) is 5.69 Å². The summed E-state index contributed by atoms with van der Waals surface area (Å²) < 4.78 is 0. The van der Waals surface area contributed by atoms with Crippen LogP contribution in [-0.4, -0.2) is 29.1 Å². The molecule has 0 saturated carbocycles. The third-order valence-corrected chi connectivity index (χ3v) is 2.57. The molecule has 19 heavy (non-hydrogen) atoms. The summed E-state index contributed by atoms with van der Waals surface area (Å²) in [6.45, 7) is 3.28. The van der Waals surface area contributed by atoms with E-state index in [0.29, 0.717) is 16.4 Å². The van der Waals surface area contributed by atoms with Crippen molar-refractivity contribution in [1.82, 2.24) is 5.43 Å². The Bertz CT molecular complexity index is 497. The van der Waals surface area contributed by atoms with Crippen molar-refractivity contribution in [3.05, 3.63) is 29.3 Å². The lowest BCUT2D eigenvalue weighted by atomic mass is 10.3. The largest absolute Gasteiger partial charge is 0.411 e. The van der Waals surface area contributed by atoms with Crippen LogP contribution in [0.4, 0.5) is 5.69 Å². The Kier molecular flexibility index (Phi) is 5.81. The summed E-state index contributed by atoms with van der Waals surface area (Å²) in [7, 11) is 0. The number of carbonyl (C=O) groups excluding carboxylic acids is 1. The molecule has 0 aliphatic heterocycles. The van der Waals surface area contributed by atoms with Gasteiger partial charge in [-0.2, -0.15) is 5.10 Å². The van der Waals surface area contributed by atoms with E-state index in [9.17, 15) is 4.79 Å². The lowest BCUT2D eigenvalue weighted by Crippen LogP contribution is -2.27. The Morgan fingerprint density at radius 3 is 2.47 bits per heavy atom. The van der Waals surface area contributed by atoms with Crippen molar-refractivity contribution < 1.29 is 10.0 Å². The van der Waals surface area contributed by atoms with Gasteiger partial charge in [0, 0.05) is 10.7 Å². The predicted molar refractivity (Wildman–Crippen MR) is 76.1 cm³/mol. The van der Waals surface area contributed by atoms with Gasteiger partial charge in [-0.15, -0.1) is 0 Å². The quantitative estimate of drug-likeness (QED) is 0.439. The number of hydrazone groups is 1. The molecule has 0 spiro atoms. The summed E-state index contributed by atoms with van der Waals surface area (Å²) in [5, 5.41) is 18.8. The van der Waals surface area contributed by atoms with Crippen LogP contribution in [0, 0.1) is 0 Å². The number of nitrogens with one attached hydrogen (secondary N) is 2.